The van der Waals surface area contributed by atoms with E-state index in [-0.39, 0.29) is 11.9 Å². The van der Waals surface area contributed by atoms with Crippen LogP contribution in [-0.2, 0) is 0 Å². The monoisotopic (exact) mass is 399 g/mol. The zero-order valence-corrected chi connectivity index (χ0v) is 16.1. The predicted molar refractivity (Wildman–Crippen MR) is 112 cm³/mol. The van der Waals surface area contributed by atoms with Crippen molar-refractivity contribution in [3.63, 3.8) is 0 Å². The van der Waals surface area contributed by atoms with Crippen LogP contribution in [0.3, 0.4) is 0 Å². The minimum atomic E-state index is -0.363. The van der Waals surface area contributed by atoms with Gasteiger partial charge in [-0.25, -0.2) is 9.07 Å². The first-order valence-corrected chi connectivity index (χ1v) is 9.53. The van der Waals surface area contributed by atoms with E-state index in [1.807, 2.05) is 35.1 Å². The summed E-state index contributed by atoms with van der Waals surface area (Å²) in [5.41, 5.74) is 3.01. The van der Waals surface area contributed by atoms with E-state index >= 15 is 0 Å². The van der Waals surface area contributed by atoms with Crippen LogP contribution in [0.15, 0.2) is 79.1 Å². The lowest BCUT2D eigenvalue weighted by Gasteiger charge is -2.15. The number of fused-ring (bicyclic) bond motifs is 1. The number of hydrogen-bond acceptors (Lipinski definition) is 5. The molecule has 5 rings (SSSR count). The average Bonchev–Trinajstić information content (AvgIpc) is 3.44. The van der Waals surface area contributed by atoms with Gasteiger partial charge in [0, 0.05) is 18.4 Å². The molecule has 7 nitrogen and oxygen atoms in total. The van der Waals surface area contributed by atoms with Crippen LogP contribution in [0.2, 0.25) is 0 Å². The molecule has 0 aliphatic carbocycles. The fraction of sp³-hybridized carbons (Fsp3) is 0.0909. The van der Waals surface area contributed by atoms with E-state index in [0.29, 0.717) is 22.9 Å². The first kappa shape index (κ1) is 18.0. The van der Waals surface area contributed by atoms with Gasteiger partial charge in [-0.05, 0) is 55.0 Å². The summed E-state index contributed by atoms with van der Waals surface area (Å²) in [5, 5.41) is 20.4. The molecule has 3 heterocycles. The van der Waals surface area contributed by atoms with Gasteiger partial charge in [-0.2, -0.15) is 9.61 Å². The summed E-state index contributed by atoms with van der Waals surface area (Å²) in [6.45, 7) is 2.05. The molecule has 0 spiro atoms. The molecule has 1 unspecified atom stereocenters. The molecule has 0 amide bonds. The number of benzene rings is 2. The van der Waals surface area contributed by atoms with Gasteiger partial charge in [-0.1, -0.05) is 24.3 Å². The second-order valence-electron chi connectivity index (χ2n) is 6.90. The Labute approximate surface area is 171 Å². The van der Waals surface area contributed by atoms with Crippen molar-refractivity contribution in [2.45, 2.75) is 13.0 Å². The van der Waals surface area contributed by atoms with Crippen molar-refractivity contribution in [1.82, 2.24) is 29.6 Å². The van der Waals surface area contributed by atoms with Crippen LogP contribution in [0, 0.1) is 5.82 Å². The number of halogens is 1. The van der Waals surface area contributed by atoms with Gasteiger partial charge >= 0.3 is 0 Å². The van der Waals surface area contributed by atoms with Crippen molar-refractivity contribution in [3.05, 3.63) is 90.5 Å². The summed E-state index contributed by atoms with van der Waals surface area (Å²) in [5.74, 6) is 0.643. The molecule has 2 aromatic carbocycles. The Hall–Kier alpha value is -4.07. The topological polar surface area (TPSA) is 72.9 Å². The first-order valence-electron chi connectivity index (χ1n) is 9.53. The van der Waals surface area contributed by atoms with Crippen LogP contribution in [0.4, 0.5) is 10.2 Å². The molecule has 148 valence electrons. The molecular weight excluding hydrogens is 381 g/mol. The Morgan fingerprint density at radius 3 is 2.53 bits per heavy atom. The molecule has 30 heavy (non-hydrogen) atoms. The summed E-state index contributed by atoms with van der Waals surface area (Å²) in [6.07, 6.45) is 3.66. The van der Waals surface area contributed by atoms with Crippen LogP contribution in [0.25, 0.3) is 22.7 Å². The van der Waals surface area contributed by atoms with Crippen LogP contribution in [0.5, 0.6) is 0 Å². The van der Waals surface area contributed by atoms with Gasteiger partial charge in [0.25, 0.3) is 0 Å². The summed E-state index contributed by atoms with van der Waals surface area (Å²) in [6, 6.07) is 20.1. The SMILES string of the molecule is CC(Nc1ccc2nnc(-c3ccccc3F)n2n1)c1ccc(-n2cccn2)cc1. The predicted octanol–water partition coefficient (Wildman–Crippen LogP) is 4.29. The highest BCUT2D eigenvalue weighted by atomic mass is 19.1. The zero-order valence-electron chi connectivity index (χ0n) is 16.1. The third-order valence-corrected chi connectivity index (χ3v) is 4.90. The maximum absolute atomic E-state index is 14.2. The smallest absolute Gasteiger partial charge is 0.188 e. The lowest BCUT2D eigenvalue weighted by molar-refractivity contribution is 0.629. The first-order chi connectivity index (χ1) is 14.7. The number of aromatic nitrogens is 6. The van der Waals surface area contributed by atoms with Crippen molar-refractivity contribution in [3.8, 4) is 17.1 Å². The van der Waals surface area contributed by atoms with Gasteiger partial charge in [0.1, 0.15) is 11.6 Å². The molecule has 3 aromatic heterocycles. The quantitative estimate of drug-likeness (QED) is 0.477. The van der Waals surface area contributed by atoms with Crippen molar-refractivity contribution < 1.29 is 4.39 Å². The molecule has 0 aliphatic heterocycles. The Kier molecular flexibility index (Phi) is 4.44. The number of nitrogens with one attached hydrogen (secondary N) is 1. The molecule has 0 aliphatic rings. The lowest BCUT2D eigenvalue weighted by atomic mass is 10.1. The molecule has 5 aromatic rings. The third-order valence-electron chi connectivity index (χ3n) is 4.90. The maximum Gasteiger partial charge on any atom is 0.188 e. The van der Waals surface area contributed by atoms with Gasteiger partial charge in [-0.15, -0.1) is 15.3 Å². The highest BCUT2D eigenvalue weighted by Crippen LogP contribution is 2.23. The van der Waals surface area contributed by atoms with Gasteiger partial charge in [0.2, 0.25) is 0 Å². The van der Waals surface area contributed by atoms with Crippen LogP contribution in [-0.4, -0.2) is 29.6 Å². The largest absolute Gasteiger partial charge is 0.362 e. The minimum Gasteiger partial charge on any atom is -0.362 e. The van der Waals surface area contributed by atoms with E-state index < -0.39 is 0 Å². The van der Waals surface area contributed by atoms with E-state index in [1.54, 1.807) is 35.0 Å². The highest BCUT2D eigenvalue weighted by Gasteiger charge is 2.14. The van der Waals surface area contributed by atoms with E-state index in [9.17, 15) is 4.39 Å². The molecule has 0 bridgehead atoms. The van der Waals surface area contributed by atoms with Crippen molar-refractivity contribution in [1.29, 1.82) is 0 Å². The van der Waals surface area contributed by atoms with Gasteiger partial charge in [0.15, 0.2) is 11.5 Å². The lowest BCUT2D eigenvalue weighted by Crippen LogP contribution is -2.10. The summed E-state index contributed by atoms with van der Waals surface area (Å²) >= 11 is 0. The summed E-state index contributed by atoms with van der Waals surface area (Å²) in [7, 11) is 0. The summed E-state index contributed by atoms with van der Waals surface area (Å²) in [4.78, 5) is 0. The van der Waals surface area contributed by atoms with E-state index in [0.717, 1.165) is 11.3 Å². The Balaban J connectivity index is 1.41. The van der Waals surface area contributed by atoms with Crippen LogP contribution in [0.1, 0.15) is 18.5 Å². The van der Waals surface area contributed by atoms with Gasteiger partial charge in [0.05, 0.1) is 11.3 Å². The standard InChI is InChI=1S/C22H18FN7/c1-15(16-7-9-17(10-8-16)29-14-4-13-24-29)25-20-11-12-21-26-27-22(30(21)28-20)18-5-2-3-6-19(18)23/h2-15H,1H3,(H,25,28). The number of hydrogen-bond donors (Lipinski definition) is 1. The molecule has 8 heteroatoms. The van der Waals surface area contributed by atoms with Crippen molar-refractivity contribution in [2.75, 3.05) is 5.32 Å². The summed E-state index contributed by atoms with van der Waals surface area (Å²) < 4.78 is 17.6. The number of rotatable bonds is 5. The molecule has 1 atom stereocenters. The van der Waals surface area contributed by atoms with Gasteiger partial charge in [-0.3, -0.25) is 0 Å². The van der Waals surface area contributed by atoms with E-state index in [4.69, 9.17) is 0 Å². The van der Waals surface area contributed by atoms with E-state index in [1.165, 1.54) is 6.07 Å². The number of anilines is 1. The molecule has 0 radical (unpaired) electrons. The molecule has 0 saturated carbocycles. The molecule has 1 N–H and O–H groups in total. The van der Waals surface area contributed by atoms with Crippen LogP contribution < -0.4 is 5.32 Å². The van der Waals surface area contributed by atoms with Crippen molar-refractivity contribution in [2.24, 2.45) is 0 Å². The third kappa shape index (κ3) is 3.28. The maximum atomic E-state index is 14.2. The van der Waals surface area contributed by atoms with E-state index in [2.05, 4.69) is 44.8 Å². The minimum absolute atomic E-state index is 0.00927. The second-order valence-corrected chi connectivity index (χ2v) is 6.90. The Morgan fingerprint density at radius 2 is 1.77 bits per heavy atom. The highest BCUT2D eigenvalue weighted by molar-refractivity contribution is 5.60. The molecule has 0 fully saturated rings. The van der Waals surface area contributed by atoms with Gasteiger partial charge < -0.3 is 5.32 Å². The molecular formula is C22H18FN7. The average molecular weight is 399 g/mol. The van der Waals surface area contributed by atoms with Crippen molar-refractivity contribution >= 4 is 11.5 Å². The fourth-order valence-corrected chi connectivity index (χ4v) is 3.32. The molecule has 0 saturated heterocycles. The fourth-order valence-electron chi connectivity index (χ4n) is 3.32. The Bertz CT molecular complexity index is 1290. The van der Waals surface area contributed by atoms with Crippen LogP contribution >= 0.6 is 0 Å². The second kappa shape index (κ2) is 7.40. The number of nitrogens with zero attached hydrogens (tertiary/aromatic N) is 6. The Morgan fingerprint density at radius 1 is 0.933 bits per heavy atom. The normalized spacial score (nSPS) is 12.2. The zero-order chi connectivity index (χ0) is 20.5.